The number of anilines is 1. The van der Waals surface area contributed by atoms with E-state index in [-0.39, 0.29) is 17.4 Å². The topological polar surface area (TPSA) is 29.1 Å². The fraction of sp³-hybridized carbons (Fsp3) is 0.214. The fourth-order valence-corrected chi connectivity index (χ4v) is 2.57. The third kappa shape index (κ3) is 3.55. The van der Waals surface area contributed by atoms with Gasteiger partial charge in [0.25, 0.3) is 0 Å². The van der Waals surface area contributed by atoms with Crippen LogP contribution in [0, 0.1) is 0 Å². The Balaban J connectivity index is 2.12. The predicted molar refractivity (Wildman–Crippen MR) is 77.6 cm³/mol. The van der Waals surface area contributed by atoms with E-state index in [1.54, 1.807) is 13.0 Å². The molecule has 1 aromatic heterocycles. The quantitative estimate of drug-likeness (QED) is 0.808. The first kappa shape index (κ1) is 14.9. The van der Waals surface area contributed by atoms with Gasteiger partial charge in [-0.25, -0.2) is 0 Å². The normalized spacial score (nSPS) is 13.0. The van der Waals surface area contributed by atoms with Gasteiger partial charge in [0, 0.05) is 11.3 Å². The number of benzene rings is 1. The fourth-order valence-electron chi connectivity index (χ4n) is 1.70. The van der Waals surface area contributed by atoms with Gasteiger partial charge in [0.2, 0.25) is 5.91 Å². The minimum absolute atomic E-state index is 0.251. The number of hydrogen-bond donors (Lipinski definition) is 1. The second-order valence-corrected chi connectivity index (χ2v) is 5.60. The van der Waals surface area contributed by atoms with Gasteiger partial charge in [-0.05, 0) is 53.0 Å². The maximum absolute atomic E-state index is 13.0. The minimum atomic E-state index is -3.44. The Kier molecular flexibility index (Phi) is 4.40. The number of carbonyl (C=O) groups excluding carboxylic acids is 1. The third-order valence-electron chi connectivity index (χ3n) is 2.89. The van der Waals surface area contributed by atoms with Crippen LogP contribution in [0.15, 0.2) is 41.1 Å². The lowest BCUT2D eigenvalue weighted by atomic mass is 10.0. The molecule has 2 nitrogen and oxygen atoms in total. The molecule has 1 amide bonds. The zero-order chi connectivity index (χ0) is 14.8. The summed E-state index contributed by atoms with van der Waals surface area (Å²) >= 11 is 6.47. The van der Waals surface area contributed by atoms with Gasteiger partial charge in [0.15, 0.2) is 0 Å². The summed E-state index contributed by atoms with van der Waals surface area (Å²) in [6.07, 6.45) is 0. The van der Waals surface area contributed by atoms with Crippen molar-refractivity contribution in [2.45, 2.75) is 18.2 Å². The van der Waals surface area contributed by atoms with Crippen molar-refractivity contribution in [1.82, 2.24) is 0 Å². The smallest absolute Gasteiger partial charge is 0.326 e. The van der Waals surface area contributed by atoms with E-state index in [1.807, 2.05) is 16.8 Å². The van der Waals surface area contributed by atoms with Crippen molar-refractivity contribution in [2.24, 2.45) is 0 Å². The molecule has 0 saturated carbocycles. The molecule has 1 unspecified atom stereocenters. The van der Waals surface area contributed by atoms with Crippen molar-refractivity contribution < 1.29 is 13.6 Å². The van der Waals surface area contributed by atoms with Gasteiger partial charge in [0.1, 0.15) is 0 Å². The number of hydrogen-bond acceptors (Lipinski definition) is 2. The van der Waals surface area contributed by atoms with Crippen LogP contribution in [0.3, 0.4) is 0 Å². The average Bonchev–Trinajstić information content (AvgIpc) is 2.91. The molecule has 1 atom stereocenters. The minimum Gasteiger partial charge on any atom is -0.326 e. The van der Waals surface area contributed by atoms with Crippen molar-refractivity contribution in [3.8, 4) is 0 Å². The molecule has 2 aromatic rings. The SMILES string of the molecule is CC(C(=O)Nc1cccc(C(F)(F)Cl)c1)c1ccsc1. The van der Waals surface area contributed by atoms with Crippen LogP contribution in [0.25, 0.3) is 0 Å². The van der Waals surface area contributed by atoms with Gasteiger partial charge in [-0.3, -0.25) is 4.79 Å². The number of carbonyl (C=O) groups is 1. The molecule has 0 saturated heterocycles. The summed E-state index contributed by atoms with van der Waals surface area (Å²) in [5.41, 5.74) is 0.849. The summed E-state index contributed by atoms with van der Waals surface area (Å²) < 4.78 is 26.0. The summed E-state index contributed by atoms with van der Waals surface area (Å²) in [7, 11) is 0. The largest absolute Gasteiger partial charge is 0.348 e. The van der Waals surface area contributed by atoms with Crippen LogP contribution >= 0.6 is 22.9 Å². The average molecular weight is 316 g/mol. The molecule has 0 aliphatic heterocycles. The molecule has 106 valence electrons. The maximum atomic E-state index is 13.0. The first-order chi connectivity index (χ1) is 9.38. The van der Waals surface area contributed by atoms with Crippen LogP contribution in [0.5, 0.6) is 0 Å². The molecule has 0 radical (unpaired) electrons. The van der Waals surface area contributed by atoms with Crippen LogP contribution in [0.4, 0.5) is 14.5 Å². The molecular weight excluding hydrogens is 304 g/mol. The number of nitrogens with one attached hydrogen (secondary N) is 1. The van der Waals surface area contributed by atoms with Gasteiger partial charge in [-0.1, -0.05) is 12.1 Å². The molecule has 0 aliphatic rings. The highest BCUT2D eigenvalue weighted by atomic mass is 35.5. The van der Waals surface area contributed by atoms with Gasteiger partial charge in [-0.15, -0.1) is 0 Å². The molecule has 2 rings (SSSR count). The number of amides is 1. The second kappa shape index (κ2) is 5.89. The van der Waals surface area contributed by atoms with Crippen LogP contribution in [0.1, 0.15) is 24.0 Å². The van der Waals surface area contributed by atoms with Gasteiger partial charge in [-0.2, -0.15) is 20.1 Å². The second-order valence-electron chi connectivity index (χ2n) is 4.35. The number of halogens is 3. The van der Waals surface area contributed by atoms with E-state index in [0.717, 1.165) is 5.56 Å². The van der Waals surface area contributed by atoms with Crippen LogP contribution in [-0.4, -0.2) is 5.91 Å². The summed E-state index contributed by atoms with van der Waals surface area (Å²) in [5, 5.41) is 2.94. The first-order valence-electron chi connectivity index (χ1n) is 5.88. The monoisotopic (exact) mass is 315 g/mol. The highest BCUT2D eigenvalue weighted by Crippen LogP contribution is 2.33. The Bertz CT molecular complexity index is 595. The zero-order valence-electron chi connectivity index (χ0n) is 10.6. The maximum Gasteiger partial charge on any atom is 0.348 e. The van der Waals surface area contributed by atoms with Gasteiger partial charge < -0.3 is 5.32 Å². The lowest BCUT2D eigenvalue weighted by Gasteiger charge is -2.13. The molecule has 1 heterocycles. The van der Waals surface area contributed by atoms with Crippen LogP contribution < -0.4 is 5.32 Å². The molecule has 0 bridgehead atoms. The van der Waals surface area contributed by atoms with Crippen molar-refractivity contribution in [3.63, 3.8) is 0 Å². The van der Waals surface area contributed by atoms with Gasteiger partial charge >= 0.3 is 5.38 Å². The van der Waals surface area contributed by atoms with E-state index in [1.165, 1.54) is 29.5 Å². The Labute approximate surface area is 124 Å². The van der Waals surface area contributed by atoms with Crippen molar-refractivity contribution >= 4 is 34.5 Å². The Morgan fingerprint density at radius 3 is 2.75 bits per heavy atom. The van der Waals surface area contributed by atoms with E-state index in [9.17, 15) is 13.6 Å². The molecule has 0 aliphatic carbocycles. The molecule has 1 N–H and O–H groups in total. The Morgan fingerprint density at radius 2 is 2.15 bits per heavy atom. The summed E-state index contributed by atoms with van der Waals surface area (Å²) in [4.78, 5) is 12.0. The van der Waals surface area contributed by atoms with Crippen molar-refractivity contribution in [1.29, 1.82) is 0 Å². The summed E-state index contributed by atoms with van der Waals surface area (Å²) in [6.45, 7) is 1.76. The highest BCUT2D eigenvalue weighted by molar-refractivity contribution is 7.08. The third-order valence-corrected chi connectivity index (χ3v) is 3.81. The standard InChI is InChI=1S/C14H12ClF2NOS/c1-9(10-5-6-20-8-10)13(19)18-12-4-2-3-11(7-12)14(15,16)17/h2-9H,1H3,(H,18,19). The highest BCUT2D eigenvalue weighted by Gasteiger charge is 2.28. The van der Waals surface area contributed by atoms with E-state index in [4.69, 9.17) is 11.6 Å². The summed E-state index contributed by atoms with van der Waals surface area (Å²) in [5.74, 6) is -0.597. The van der Waals surface area contributed by atoms with E-state index in [0.29, 0.717) is 5.69 Å². The molecule has 0 spiro atoms. The van der Waals surface area contributed by atoms with E-state index < -0.39 is 5.38 Å². The Morgan fingerprint density at radius 1 is 1.40 bits per heavy atom. The van der Waals surface area contributed by atoms with E-state index in [2.05, 4.69) is 5.32 Å². The van der Waals surface area contributed by atoms with Crippen molar-refractivity contribution in [3.05, 3.63) is 52.2 Å². The molecule has 20 heavy (non-hydrogen) atoms. The van der Waals surface area contributed by atoms with Crippen molar-refractivity contribution in [2.75, 3.05) is 5.32 Å². The molecule has 1 aromatic carbocycles. The number of thiophene rings is 1. The summed E-state index contributed by atoms with van der Waals surface area (Å²) in [6, 6.07) is 7.22. The molecule has 6 heteroatoms. The van der Waals surface area contributed by atoms with Crippen LogP contribution in [-0.2, 0) is 10.2 Å². The number of alkyl halides is 3. The molecule has 0 fully saturated rings. The number of rotatable bonds is 4. The zero-order valence-corrected chi connectivity index (χ0v) is 12.1. The predicted octanol–water partition coefficient (Wildman–Crippen LogP) is 4.78. The molecular formula is C14H12ClF2NOS. The Hall–Kier alpha value is -1.46. The van der Waals surface area contributed by atoms with Gasteiger partial charge in [0.05, 0.1) is 5.92 Å². The van der Waals surface area contributed by atoms with Crippen LogP contribution in [0.2, 0.25) is 0 Å². The lowest BCUT2D eigenvalue weighted by Crippen LogP contribution is -2.18. The first-order valence-corrected chi connectivity index (χ1v) is 7.20. The lowest BCUT2D eigenvalue weighted by molar-refractivity contribution is -0.117. The van der Waals surface area contributed by atoms with E-state index >= 15 is 0 Å².